The van der Waals surface area contributed by atoms with E-state index in [4.69, 9.17) is 9.47 Å². The Labute approximate surface area is 146 Å². The van der Waals surface area contributed by atoms with Gasteiger partial charge in [-0.05, 0) is 25.8 Å². The van der Waals surface area contributed by atoms with E-state index in [1.807, 2.05) is 17.9 Å². The topological polar surface area (TPSA) is 51.7 Å². The second-order valence-electron chi connectivity index (χ2n) is 5.98. The van der Waals surface area contributed by atoms with Crippen LogP contribution in [-0.4, -0.2) is 49.2 Å². The number of unbranched alkanes of at least 4 members (excludes halogenated alkanes) is 2. The minimum absolute atomic E-state index is 0.0109. The Morgan fingerprint density at radius 2 is 1.79 bits per heavy atom. The number of rotatable bonds is 12. The van der Waals surface area contributed by atoms with Crippen LogP contribution in [0.3, 0.4) is 0 Å². The van der Waals surface area contributed by atoms with Gasteiger partial charge in [0.25, 0.3) is 5.91 Å². The van der Waals surface area contributed by atoms with Crippen molar-refractivity contribution in [2.45, 2.75) is 52.9 Å². The van der Waals surface area contributed by atoms with Crippen molar-refractivity contribution in [3.05, 3.63) is 23.5 Å². The summed E-state index contributed by atoms with van der Waals surface area (Å²) in [4.78, 5) is 19.1. The molecule has 0 atom stereocenters. The predicted molar refractivity (Wildman–Crippen MR) is 96.7 cm³/mol. The van der Waals surface area contributed by atoms with E-state index in [0.29, 0.717) is 18.9 Å². The van der Waals surface area contributed by atoms with Crippen molar-refractivity contribution >= 4 is 5.91 Å². The van der Waals surface area contributed by atoms with E-state index in [-0.39, 0.29) is 5.91 Å². The number of nitrogens with zero attached hydrogens (tertiary/aromatic N) is 2. The summed E-state index contributed by atoms with van der Waals surface area (Å²) >= 11 is 0. The molecule has 1 heterocycles. The summed E-state index contributed by atoms with van der Waals surface area (Å²) in [6.07, 6.45) is 6.66. The summed E-state index contributed by atoms with van der Waals surface area (Å²) in [7, 11) is 1.68. The SMILES string of the molecule is CCCCN(CCCC)C(=O)c1nccc(OCCCOC)c1C. The van der Waals surface area contributed by atoms with Crippen molar-refractivity contribution in [1.29, 1.82) is 0 Å². The number of aromatic nitrogens is 1. The van der Waals surface area contributed by atoms with Crippen molar-refractivity contribution in [3.63, 3.8) is 0 Å². The minimum Gasteiger partial charge on any atom is -0.493 e. The predicted octanol–water partition coefficient (Wildman–Crippen LogP) is 3.85. The minimum atomic E-state index is 0.0109. The molecule has 0 aliphatic heterocycles. The molecule has 1 aromatic heterocycles. The lowest BCUT2D eigenvalue weighted by Gasteiger charge is -2.23. The maximum atomic E-state index is 12.9. The van der Waals surface area contributed by atoms with Crippen LogP contribution in [-0.2, 0) is 4.74 Å². The normalized spacial score (nSPS) is 10.7. The molecule has 5 heteroatoms. The van der Waals surface area contributed by atoms with Crippen LogP contribution in [0.2, 0.25) is 0 Å². The van der Waals surface area contributed by atoms with Gasteiger partial charge >= 0.3 is 0 Å². The molecule has 1 aromatic rings. The van der Waals surface area contributed by atoms with Gasteiger partial charge in [0.2, 0.25) is 0 Å². The van der Waals surface area contributed by atoms with Crippen LogP contribution in [0.15, 0.2) is 12.3 Å². The molecule has 0 saturated carbocycles. The lowest BCUT2D eigenvalue weighted by molar-refractivity contribution is 0.0743. The van der Waals surface area contributed by atoms with Crippen molar-refractivity contribution in [3.8, 4) is 5.75 Å². The number of amides is 1. The third-order valence-electron chi connectivity index (χ3n) is 3.96. The summed E-state index contributed by atoms with van der Waals surface area (Å²) in [6, 6.07) is 1.82. The first kappa shape index (κ1) is 20.4. The van der Waals surface area contributed by atoms with Crippen LogP contribution < -0.4 is 4.74 Å². The van der Waals surface area contributed by atoms with E-state index < -0.39 is 0 Å². The molecule has 0 spiro atoms. The Hall–Kier alpha value is -1.62. The van der Waals surface area contributed by atoms with E-state index in [9.17, 15) is 4.79 Å². The highest BCUT2D eigenvalue weighted by Crippen LogP contribution is 2.21. The molecule has 0 aliphatic rings. The van der Waals surface area contributed by atoms with Crippen LogP contribution in [0.25, 0.3) is 0 Å². The van der Waals surface area contributed by atoms with E-state index in [2.05, 4.69) is 18.8 Å². The monoisotopic (exact) mass is 336 g/mol. The molecule has 1 rings (SSSR count). The summed E-state index contributed by atoms with van der Waals surface area (Å²) in [5.74, 6) is 0.743. The number of hydrogen-bond acceptors (Lipinski definition) is 4. The van der Waals surface area contributed by atoms with Crippen LogP contribution in [0.1, 0.15) is 62.0 Å². The van der Waals surface area contributed by atoms with Gasteiger partial charge in [-0.3, -0.25) is 9.78 Å². The van der Waals surface area contributed by atoms with E-state index >= 15 is 0 Å². The standard InChI is InChI=1S/C19H32N2O3/c1-5-7-12-21(13-8-6-2)19(22)18-16(3)17(10-11-20-18)24-15-9-14-23-4/h10-11H,5-9,12-15H2,1-4H3. The van der Waals surface area contributed by atoms with Crippen molar-refractivity contribution in [1.82, 2.24) is 9.88 Å². The first-order valence-corrected chi connectivity index (χ1v) is 9.02. The molecule has 0 saturated heterocycles. The van der Waals surface area contributed by atoms with Gasteiger partial charge in [0, 0.05) is 45.0 Å². The summed E-state index contributed by atoms with van der Waals surface area (Å²) in [5, 5.41) is 0. The number of carbonyl (C=O) groups excluding carboxylic acids is 1. The Morgan fingerprint density at radius 3 is 2.38 bits per heavy atom. The average molecular weight is 336 g/mol. The van der Waals surface area contributed by atoms with Crippen molar-refractivity contribution in [2.24, 2.45) is 0 Å². The maximum absolute atomic E-state index is 12.9. The van der Waals surface area contributed by atoms with Gasteiger partial charge in [0.1, 0.15) is 11.4 Å². The van der Waals surface area contributed by atoms with Crippen molar-refractivity contribution in [2.75, 3.05) is 33.4 Å². The second kappa shape index (κ2) is 11.8. The Bertz CT molecular complexity index is 484. The molecule has 0 unspecified atom stereocenters. The zero-order chi connectivity index (χ0) is 17.8. The number of carbonyl (C=O) groups is 1. The van der Waals surface area contributed by atoms with Gasteiger partial charge in [-0.25, -0.2) is 0 Å². The molecule has 0 fully saturated rings. The second-order valence-corrected chi connectivity index (χ2v) is 5.98. The Morgan fingerprint density at radius 1 is 1.12 bits per heavy atom. The van der Waals surface area contributed by atoms with Gasteiger partial charge in [0.05, 0.1) is 6.61 Å². The first-order valence-electron chi connectivity index (χ1n) is 9.02. The molecule has 0 aromatic carbocycles. The fourth-order valence-electron chi connectivity index (χ4n) is 2.44. The number of methoxy groups -OCH3 is 1. The van der Waals surface area contributed by atoms with Gasteiger partial charge in [-0.2, -0.15) is 0 Å². The third kappa shape index (κ3) is 6.48. The van der Waals surface area contributed by atoms with E-state index in [1.165, 1.54) is 0 Å². The first-order chi connectivity index (χ1) is 11.7. The Balaban J connectivity index is 2.82. The lowest BCUT2D eigenvalue weighted by Crippen LogP contribution is -2.34. The molecule has 0 aliphatic carbocycles. The molecular formula is C19H32N2O3. The number of hydrogen-bond donors (Lipinski definition) is 0. The van der Waals surface area contributed by atoms with Gasteiger partial charge in [-0.1, -0.05) is 26.7 Å². The highest BCUT2D eigenvalue weighted by atomic mass is 16.5. The fraction of sp³-hybridized carbons (Fsp3) is 0.684. The highest BCUT2D eigenvalue weighted by Gasteiger charge is 2.20. The van der Waals surface area contributed by atoms with Crippen LogP contribution in [0.5, 0.6) is 5.75 Å². The molecule has 5 nitrogen and oxygen atoms in total. The molecule has 0 bridgehead atoms. The number of ether oxygens (including phenoxy) is 2. The fourth-order valence-corrected chi connectivity index (χ4v) is 2.44. The van der Waals surface area contributed by atoms with Gasteiger partial charge < -0.3 is 14.4 Å². The van der Waals surface area contributed by atoms with E-state index in [1.54, 1.807) is 13.3 Å². The summed E-state index contributed by atoms with van der Waals surface area (Å²) in [5.41, 5.74) is 1.32. The summed E-state index contributed by atoms with van der Waals surface area (Å²) in [6.45, 7) is 8.99. The highest BCUT2D eigenvalue weighted by molar-refractivity contribution is 5.94. The molecule has 0 N–H and O–H groups in total. The van der Waals surface area contributed by atoms with Crippen molar-refractivity contribution < 1.29 is 14.3 Å². The maximum Gasteiger partial charge on any atom is 0.272 e. The van der Waals surface area contributed by atoms with Crippen LogP contribution in [0.4, 0.5) is 0 Å². The summed E-state index contributed by atoms with van der Waals surface area (Å²) < 4.78 is 10.8. The quantitative estimate of drug-likeness (QED) is 0.544. The third-order valence-corrected chi connectivity index (χ3v) is 3.96. The van der Waals surface area contributed by atoms with Crippen LogP contribution in [0, 0.1) is 6.92 Å². The van der Waals surface area contributed by atoms with E-state index in [0.717, 1.165) is 56.5 Å². The number of pyridine rings is 1. The molecule has 136 valence electrons. The van der Waals surface area contributed by atoms with Gasteiger partial charge in [-0.15, -0.1) is 0 Å². The largest absolute Gasteiger partial charge is 0.493 e. The smallest absolute Gasteiger partial charge is 0.272 e. The lowest BCUT2D eigenvalue weighted by atomic mass is 10.1. The van der Waals surface area contributed by atoms with Crippen LogP contribution >= 0.6 is 0 Å². The molecule has 0 radical (unpaired) electrons. The zero-order valence-corrected chi connectivity index (χ0v) is 15.6. The Kier molecular flexibility index (Phi) is 10.1. The zero-order valence-electron chi connectivity index (χ0n) is 15.6. The average Bonchev–Trinajstić information content (AvgIpc) is 2.59. The molecule has 24 heavy (non-hydrogen) atoms. The molecular weight excluding hydrogens is 304 g/mol. The van der Waals surface area contributed by atoms with Gasteiger partial charge in [0.15, 0.2) is 0 Å². The molecule has 1 amide bonds.